The van der Waals surface area contributed by atoms with Crippen LogP contribution in [0.2, 0.25) is 5.02 Å². The third kappa shape index (κ3) is 4.45. The third-order valence-corrected chi connectivity index (χ3v) is 3.72. The molecule has 0 radical (unpaired) electrons. The van der Waals surface area contributed by atoms with Crippen LogP contribution in [0, 0.1) is 0 Å². The van der Waals surface area contributed by atoms with Gasteiger partial charge < -0.3 is 10.2 Å². The first-order valence-electron chi connectivity index (χ1n) is 7.18. The molecule has 0 spiro atoms. The summed E-state index contributed by atoms with van der Waals surface area (Å²) in [4.78, 5) is 6.45. The van der Waals surface area contributed by atoms with E-state index in [9.17, 15) is 0 Å². The molecule has 0 aliphatic heterocycles. The molecule has 0 amide bonds. The predicted octanol–water partition coefficient (Wildman–Crippen LogP) is 3.87. The molecule has 2 aromatic rings. The zero-order valence-electron chi connectivity index (χ0n) is 12.8. The first-order chi connectivity index (χ1) is 10.1. The van der Waals surface area contributed by atoms with Crippen molar-refractivity contribution in [3.8, 4) is 0 Å². The van der Waals surface area contributed by atoms with E-state index in [1.54, 1.807) is 0 Å². The fourth-order valence-corrected chi connectivity index (χ4v) is 2.41. The molecule has 2 rings (SSSR count). The summed E-state index contributed by atoms with van der Waals surface area (Å²) in [5, 5.41) is 4.25. The summed E-state index contributed by atoms with van der Waals surface area (Å²) in [6.45, 7) is 5.87. The molecule has 0 bridgehead atoms. The van der Waals surface area contributed by atoms with E-state index in [2.05, 4.69) is 42.2 Å². The number of hydrogen-bond donors (Lipinski definition) is 1. The highest BCUT2D eigenvalue weighted by molar-refractivity contribution is 6.31. The van der Waals surface area contributed by atoms with Gasteiger partial charge in [-0.1, -0.05) is 43.6 Å². The van der Waals surface area contributed by atoms with Gasteiger partial charge in [0.2, 0.25) is 0 Å². The summed E-state index contributed by atoms with van der Waals surface area (Å²) in [6, 6.07) is 10.5. The Morgan fingerprint density at radius 3 is 2.67 bits per heavy atom. The first-order valence-corrected chi connectivity index (χ1v) is 7.56. The maximum absolute atomic E-state index is 6.25. The fraction of sp³-hybridized carbons (Fsp3) is 0.353. The highest BCUT2D eigenvalue weighted by Gasteiger charge is 2.10. The Balaban J connectivity index is 2.15. The third-order valence-electron chi connectivity index (χ3n) is 3.36. The molecule has 0 atom stereocenters. The zero-order valence-corrected chi connectivity index (χ0v) is 13.6. The van der Waals surface area contributed by atoms with Crippen molar-refractivity contribution < 1.29 is 0 Å². The monoisotopic (exact) mass is 303 g/mol. The second-order valence-electron chi connectivity index (χ2n) is 5.49. The number of benzene rings is 1. The quantitative estimate of drug-likeness (QED) is 0.878. The molecule has 0 aliphatic rings. The SMILES string of the molecule is CC(C)NCc1cnccc1N(C)Cc1ccccc1Cl. The minimum Gasteiger partial charge on any atom is -0.370 e. The van der Waals surface area contributed by atoms with E-state index in [0.717, 1.165) is 23.7 Å². The number of aromatic nitrogens is 1. The molecule has 0 saturated heterocycles. The number of nitrogens with zero attached hydrogens (tertiary/aromatic N) is 2. The normalized spacial score (nSPS) is 10.9. The molecule has 0 unspecified atom stereocenters. The molecule has 1 N–H and O–H groups in total. The Morgan fingerprint density at radius 2 is 1.95 bits per heavy atom. The fourth-order valence-electron chi connectivity index (χ4n) is 2.21. The van der Waals surface area contributed by atoms with Crippen molar-refractivity contribution in [2.24, 2.45) is 0 Å². The lowest BCUT2D eigenvalue weighted by Gasteiger charge is -2.23. The van der Waals surface area contributed by atoms with Crippen molar-refractivity contribution in [3.63, 3.8) is 0 Å². The Bertz CT molecular complexity index is 584. The minimum atomic E-state index is 0.451. The maximum Gasteiger partial charge on any atom is 0.0455 e. The average Bonchev–Trinajstić information content (AvgIpc) is 2.47. The van der Waals surface area contributed by atoms with Gasteiger partial charge in [0.1, 0.15) is 0 Å². The molecule has 4 heteroatoms. The van der Waals surface area contributed by atoms with Crippen LogP contribution in [-0.4, -0.2) is 18.1 Å². The summed E-state index contributed by atoms with van der Waals surface area (Å²) >= 11 is 6.25. The van der Waals surface area contributed by atoms with Crippen molar-refractivity contribution in [2.45, 2.75) is 33.0 Å². The molecular weight excluding hydrogens is 282 g/mol. The smallest absolute Gasteiger partial charge is 0.0455 e. The van der Waals surface area contributed by atoms with Gasteiger partial charge in [0.05, 0.1) is 0 Å². The number of halogens is 1. The number of anilines is 1. The molecule has 112 valence electrons. The zero-order chi connectivity index (χ0) is 15.2. The first kappa shape index (κ1) is 15.8. The Kier molecular flexibility index (Phi) is 5.59. The number of rotatable bonds is 6. The van der Waals surface area contributed by atoms with E-state index >= 15 is 0 Å². The van der Waals surface area contributed by atoms with Crippen molar-refractivity contribution in [1.82, 2.24) is 10.3 Å². The van der Waals surface area contributed by atoms with Crippen molar-refractivity contribution in [3.05, 3.63) is 58.9 Å². The molecule has 1 aromatic carbocycles. The maximum atomic E-state index is 6.25. The van der Waals surface area contributed by atoms with E-state index in [-0.39, 0.29) is 0 Å². The molecule has 0 aliphatic carbocycles. The van der Waals surface area contributed by atoms with Crippen LogP contribution in [0.4, 0.5) is 5.69 Å². The van der Waals surface area contributed by atoms with E-state index in [0.29, 0.717) is 6.04 Å². The van der Waals surface area contributed by atoms with E-state index in [1.807, 2.05) is 36.7 Å². The second-order valence-corrected chi connectivity index (χ2v) is 5.89. The van der Waals surface area contributed by atoms with Crippen LogP contribution in [0.25, 0.3) is 0 Å². The molecule has 1 heterocycles. The highest BCUT2D eigenvalue weighted by Crippen LogP contribution is 2.23. The van der Waals surface area contributed by atoms with Crippen LogP contribution < -0.4 is 10.2 Å². The minimum absolute atomic E-state index is 0.451. The van der Waals surface area contributed by atoms with Crippen LogP contribution >= 0.6 is 11.6 Å². The van der Waals surface area contributed by atoms with Gasteiger partial charge in [0.25, 0.3) is 0 Å². The summed E-state index contributed by atoms with van der Waals surface area (Å²) < 4.78 is 0. The molecule has 0 fully saturated rings. The lowest BCUT2D eigenvalue weighted by atomic mass is 10.1. The van der Waals surface area contributed by atoms with E-state index in [1.165, 1.54) is 11.3 Å². The van der Waals surface area contributed by atoms with Crippen molar-refractivity contribution >= 4 is 17.3 Å². The van der Waals surface area contributed by atoms with Gasteiger partial charge in [-0.25, -0.2) is 0 Å². The predicted molar refractivity (Wildman–Crippen MR) is 89.8 cm³/mol. The number of hydrogen-bond acceptors (Lipinski definition) is 3. The van der Waals surface area contributed by atoms with E-state index in [4.69, 9.17) is 11.6 Å². The van der Waals surface area contributed by atoms with Crippen molar-refractivity contribution in [2.75, 3.05) is 11.9 Å². The highest BCUT2D eigenvalue weighted by atomic mass is 35.5. The van der Waals surface area contributed by atoms with Crippen LogP contribution in [0.5, 0.6) is 0 Å². The van der Waals surface area contributed by atoms with Crippen LogP contribution in [-0.2, 0) is 13.1 Å². The standard InChI is InChI=1S/C17H22ClN3/c1-13(2)20-11-15-10-19-9-8-17(15)21(3)12-14-6-4-5-7-16(14)18/h4-10,13,20H,11-12H2,1-3H3. The largest absolute Gasteiger partial charge is 0.370 e. The molecule has 21 heavy (non-hydrogen) atoms. The Hall–Kier alpha value is -1.58. The summed E-state index contributed by atoms with van der Waals surface area (Å²) in [6.07, 6.45) is 3.76. The average molecular weight is 304 g/mol. The van der Waals surface area contributed by atoms with Crippen LogP contribution in [0.15, 0.2) is 42.7 Å². The molecular formula is C17H22ClN3. The lowest BCUT2D eigenvalue weighted by Crippen LogP contribution is -2.24. The second kappa shape index (κ2) is 7.43. The van der Waals surface area contributed by atoms with Crippen LogP contribution in [0.1, 0.15) is 25.0 Å². The van der Waals surface area contributed by atoms with Gasteiger partial charge in [0, 0.05) is 54.8 Å². The van der Waals surface area contributed by atoms with Gasteiger partial charge in [-0.15, -0.1) is 0 Å². The van der Waals surface area contributed by atoms with Crippen LogP contribution in [0.3, 0.4) is 0 Å². The lowest BCUT2D eigenvalue weighted by molar-refractivity contribution is 0.587. The van der Waals surface area contributed by atoms with E-state index < -0.39 is 0 Å². The number of nitrogens with one attached hydrogen (secondary N) is 1. The Morgan fingerprint density at radius 1 is 1.19 bits per heavy atom. The van der Waals surface area contributed by atoms with Gasteiger partial charge in [-0.05, 0) is 17.7 Å². The molecule has 0 saturated carbocycles. The summed E-state index contributed by atoms with van der Waals surface area (Å²) in [7, 11) is 2.08. The molecule has 3 nitrogen and oxygen atoms in total. The van der Waals surface area contributed by atoms with Gasteiger partial charge in [-0.3, -0.25) is 4.98 Å². The topological polar surface area (TPSA) is 28.2 Å². The van der Waals surface area contributed by atoms with Crippen molar-refractivity contribution in [1.29, 1.82) is 0 Å². The summed E-state index contributed by atoms with van der Waals surface area (Å²) in [5.74, 6) is 0. The van der Waals surface area contributed by atoms with Gasteiger partial charge >= 0.3 is 0 Å². The van der Waals surface area contributed by atoms with Gasteiger partial charge in [-0.2, -0.15) is 0 Å². The number of pyridine rings is 1. The Labute approximate surface area is 132 Å². The van der Waals surface area contributed by atoms with Gasteiger partial charge in [0.15, 0.2) is 0 Å². The summed E-state index contributed by atoms with van der Waals surface area (Å²) in [5.41, 5.74) is 3.50. The molecule has 1 aromatic heterocycles.